The minimum atomic E-state index is -0.803. The summed E-state index contributed by atoms with van der Waals surface area (Å²) in [5, 5.41) is 5.37. The molecule has 7 nitrogen and oxygen atoms in total. The lowest BCUT2D eigenvalue weighted by molar-refractivity contribution is -0.250. The molecular formula is C16H22N2O5. The van der Waals surface area contributed by atoms with Crippen molar-refractivity contribution in [2.45, 2.75) is 26.1 Å². The molecule has 1 fully saturated rings. The van der Waals surface area contributed by atoms with Gasteiger partial charge in [0.15, 0.2) is 5.79 Å². The van der Waals surface area contributed by atoms with Crippen molar-refractivity contribution in [1.82, 2.24) is 5.32 Å². The van der Waals surface area contributed by atoms with Gasteiger partial charge in [-0.3, -0.25) is 0 Å². The lowest BCUT2D eigenvalue weighted by Gasteiger charge is -2.33. The van der Waals surface area contributed by atoms with E-state index in [4.69, 9.17) is 14.2 Å². The van der Waals surface area contributed by atoms with Gasteiger partial charge in [-0.1, -0.05) is 6.07 Å². The summed E-state index contributed by atoms with van der Waals surface area (Å²) in [5.41, 5.74) is 0.888. The van der Waals surface area contributed by atoms with Crippen molar-refractivity contribution in [3.8, 4) is 0 Å². The topological polar surface area (TPSA) is 85.9 Å². The third-order valence-corrected chi connectivity index (χ3v) is 3.31. The van der Waals surface area contributed by atoms with Crippen molar-refractivity contribution in [1.29, 1.82) is 0 Å². The fraction of sp³-hybridized carbons (Fsp3) is 0.500. The normalized spacial score (nSPS) is 16.4. The number of rotatable bonds is 5. The summed E-state index contributed by atoms with van der Waals surface area (Å²) in [5.74, 6) is -1.23. The van der Waals surface area contributed by atoms with Crippen LogP contribution in [-0.4, -0.2) is 44.2 Å². The molecule has 0 atom stereocenters. The van der Waals surface area contributed by atoms with Gasteiger partial charge in [-0.05, 0) is 38.5 Å². The van der Waals surface area contributed by atoms with Crippen molar-refractivity contribution in [2.75, 3.05) is 31.7 Å². The largest absolute Gasteiger partial charge is 0.462 e. The molecule has 1 aromatic carbocycles. The molecule has 2 amide bonds. The smallest absolute Gasteiger partial charge is 0.338 e. The Kier molecular flexibility index (Phi) is 5.95. The standard InChI is InChI=1S/C16H22N2O5/c1-3-21-14(19)12-6-4-7-13(10-12)18-15(20)17-11-16(2)22-8-5-9-23-16/h4,6-7,10H,3,5,8-9,11H2,1-2H3,(H2,17,18,20). The number of urea groups is 1. The molecule has 23 heavy (non-hydrogen) atoms. The summed E-state index contributed by atoms with van der Waals surface area (Å²) in [7, 11) is 0. The molecule has 1 aliphatic rings. The first-order valence-electron chi connectivity index (χ1n) is 7.62. The lowest BCUT2D eigenvalue weighted by atomic mass is 10.2. The summed E-state index contributed by atoms with van der Waals surface area (Å²) in [6, 6.07) is 6.16. The highest BCUT2D eigenvalue weighted by Crippen LogP contribution is 2.17. The van der Waals surface area contributed by atoms with Crippen molar-refractivity contribution in [2.24, 2.45) is 0 Å². The number of amides is 2. The SMILES string of the molecule is CCOC(=O)c1cccc(NC(=O)NCC2(C)OCCCO2)c1. The number of benzene rings is 1. The zero-order valence-electron chi connectivity index (χ0n) is 13.4. The number of ether oxygens (including phenoxy) is 3. The van der Waals surface area contributed by atoms with Gasteiger partial charge in [0.05, 0.1) is 31.9 Å². The molecule has 1 saturated heterocycles. The highest BCUT2D eigenvalue weighted by molar-refractivity contribution is 5.93. The number of esters is 1. The van der Waals surface area contributed by atoms with Gasteiger partial charge in [-0.15, -0.1) is 0 Å². The van der Waals surface area contributed by atoms with Gasteiger partial charge in [-0.25, -0.2) is 9.59 Å². The molecule has 126 valence electrons. The van der Waals surface area contributed by atoms with Crippen LogP contribution < -0.4 is 10.6 Å². The summed E-state index contributed by atoms with van der Waals surface area (Å²) in [4.78, 5) is 23.6. The van der Waals surface area contributed by atoms with Crippen LogP contribution in [0, 0.1) is 0 Å². The molecule has 0 bridgehead atoms. The molecule has 1 heterocycles. The van der Waals surface area contributed by atoms with E-state index in [0.29, 0.717) is 31.1 Å². The van der Waals surface area contributed by atoms with Crippen LogP contribution >= 0.6 is 0 Å². The molecule has 2 N–H and O–H groups in total. The van der Waals surface area contributed by atoms with Gasteiger partial charge in [0.2, 0.25) is 0 Å². The monoisotopic (exact) mass is 322 g/mol. The predicted octanol–water partition coefficient (Wildman–Crippen LogP) is 2.14. The van der Waals surface area contributed by atoms with Crippen LogP contribution in [-0.2, 0) is 14.2 Å². The Bertz CT molecular complexity index is 555. The molecule has 0 radical (unpaired) electrons. The molecule has 0 saturated carbocycles. The van der Waals surface area contributed by atoms with E-state index >= 15 is 0 Å². The first kappa shape index (κ1) is 17.2. The summed E-state index contributed by atoms with van der Waals surface area (Å²) in [6.45, 7) is 5.28. The average Bonchev–Trinajstić information content (AvgIpc) is 2.54. The maximum atomic E-state index is 12.0. The van der Waals surface area contributed by atoms with Crippen LogP contribution in [0.1, 0.15) is 30.6 Å². The number of carbonyl (C=O) groups is 2. The molecule has 0 unspecified atom stereocenters. The second-order valence-electron chi connectivity index (χ2n) is 5.29. The first-order chi connectivity index (χ1) is 11.0. The Morgan fingerprint density at radius 1 is 1.30 bits per heavy atom. The van der Waals surface area contributed by atoms with Crippen molar-refractivity contribution in [3.05, 3.63) is 29.8 Å². The Balaban J connectivity index is 1.87. The molecule has 2 rings (SSSR count). The van der Waals surface area contributed by atoms with Gasteiger partial charge in [0.25, 0.3) is 0 Å². The van der Waals surface area contributed by atoms with Crippen LogP contribution in [0.25, 0.3) is 0 Å². The van der Waals surface area contributed by atoms with Crippen LogP contribution in [0.2, 0.25) is 0 Å². The molecule has 0 aliphatic carbocycles. The highest BCUT2D eigenvalue weighted by Gasteiger charge is 2.29. The number of nitrogens with one attached hydrogen (secondary N) is 2. The van der Waals surface area contributed by atoms with Crippen molar-refractivity contribution in [3.63, 3.8) is 0 Å². The second kappa shape index (κ2) is 7.94. The van der Waals surface area contributed by atoms with Crippen molar-refractivity contribution >= 4 is 17.7 Å². The molecule has 1 aromatic rings. The average molecular weight is 322 g/mol. The fourth-order valence-electron chi connectivity index (χ4n) is 2.13. The molecule has 7 heteroatoms. The van der Waals surface area contributed by atoms with Gasteiger partial charge < -0.3 is 24.8 Å². The van der Waals surface area contributed by atoms with E-state index in [1.807, 2.05) is 0 Å². The van der Waals surface area contributed by atoms with Gasteiger partial charge in [0, 0.05) is 5.69 Å². The Morgan fingerprint density at radius 3 is 2.74 bits per heavy atom. The third kappa shape index (κ3) is 5.22. The van der Waals surface area contributed by atoms with Crippen LogP contribution in [0.3, 0.4) is 0 Å². The number of carbonyl (C=O) groups excluding carboxylic acids is 2. The van der Waals surface area contributed by atoms with E-state index in [-0.39, 0.29) is 6.54 Å². The minimum absolute atomic E-state index is 0.233. The Morgan fingerprint density at radius 2 is 2.04 bits per heavy atom. The first-order valence-corrected chi connectivity index (χ1v) is 7.62. The second-order valence-corrected chi connectivity index (χ2v) is 5.29. The maximum Gasteiger partial charge on any atom is 0.338 e. The Labute approximate surface area is 135 Å². The zero-order chi connectivity index (χ0) is 16.7. The number of hydrogen-bond acceptors (Lipinski definition) is 5. The van der Waals surface area contributed by atoms with E-state index in [9.17, 15) is 9.59 Å². The van der Waals surface area contributed by atoms with Gasteiger partial charge >= 0.3 is 12.0 Å². The van der Waals surface area contributed by atoms with Gasteiger partial charge in [-0.2, -0.15) is 0 Å². The third-order valence-electron chi connectivity index (χ3n) is 3.31. The summed E-state index contributed by atoms with van der Waals surface area (Å²) in [6.07, 6.45) is 0.850. The number of hydrogen-bond donors (Lipinski definition) is 2. The summed E-state index contributed by atoms with van der Waals surface area (Å²) >= 11 is 0. The van der Waals surface area contributed by atoms with E-state index in [1.165, 1.54) is 0 Å². The minimum Gasteiger partial charge on any atom is -0.462 e. The molecule has 1 aliphatic heterocycles. The van der Waals surface area contributed by atoms with E-state index in [0.717, 1.165) is 6.42 Å². The van der Waals surface area contributed by atoms with E-state index < -0.39 is 17.8 Å². The van der Waals surface area contributed by atoms with Crippen LogP contribution in [0.5, 0.6) is 0 Å². The lowest BCUT2D eigenvalue weighted by Crippen LogP contribution is -2.48. The zero-order valence-corrected chi connectivity index (χ0v) is 13.4. The quantitative estimate of drug-likeness (QED) is 0.811. The Hall–Kier alpha value is -2.12. The predicted molar refractivity (Wildman–Crippen MR) is 84.3 cm³/mol. The fourth-order valence-corrected chi connectivity index (χ4v) is 2.13. The maximum absolute atomic E-state index is 12.0. The van der Waals surface area contributed by atoms with Crippen LogP contribution in [0.4, 0.5) is 10.5 Å². The molecule has 0 spiro atoms. The summed E-state index contributed by atoms with van der Waals surface area (Å²) < 4.78 is 16.0. The van der Waals surface area contributed by atoms with Gasteiger partial charge in [0.1, 0.15) is 0 Å². The van der Waals surface area contributed by atoms with E-state index in [1.54, 1.807) is 38.1 Å². The van der Waals surface area contributed by atoms with Crippen LogP contribution in [0.15, 0.2) is 24.3 Å². The van der Waals surface area contributed by atoms with E-state index in [2.05, 4.69) is 10.6 Å². The highest BCUT2D eigenvalue weighted by atomic mass is 16.7. The molecular weight excluding hydrogens is 300 g/mol. The number of anilines is 1. The van der Waals surface area contributed by atoms with Crippen molar-refractivity contribution < 1.29 is 23.8 Å². The molecule has 0 aromatic heterocycles.